The van der Waals surface area contributed by atoms with Gasteiger partial charge in [0.1, 0.15) is 5.52 Å². The van der Waals surface area contributed by atoms with E-state index in [4.69, 9.17) is 8.94 Å². The first-order valence-electron chi connectivity index (χ1n) is 9.71. The topological polar surface area (TPSA) is 85.3 Å². The van der Waals surface area contributed by atoms with Crippen LogP contribution in [-0.4, -0.2) is 27.6 Å². The number of carbonyl (C=O) groups excluding carboxylic acids is 1. The van der Waals surface area contributed by atoms with Gasteiger partial charge in [0.2, 0.25) is 17.6 Å². The van der Waals surface area contributed by atoms with Gasteiger partial charge in [0.05, 0.1) is 5.92 Å². The maximum absolute atomic E-state index is 12.5. The highest BCUT2D eigenvalue weighted by Crippen LogP contribution is 2.32. The van der Waals surface area contributed by atoms with Gasteiger partial charge in [-0.1, -0.05) is 29.8 Å². The minimum Gasteiger partial charge on any atom is -0.441 e. The Kier molecular flexibility index (Phi) is 4.16. The van der Waals surface area contributed by atoms with Gasteiger partial charge in [-0.3, -0.25) is 4.79 Å². The number of hydrogen-bond donors (Lipinski definition) is 0. The Morgan fingerprint density at radius 3 is 2.76 bits per heavy atom. The molecule has 7 nitrogen and oxygen atoms in total. The molecule has 2 aromatic carbocycles. The van der Waals surface area contributed by atoms with E-state index < -0.39 is 0 Å². The summed E-state index contributed by atoms with van der Waals surface area (Å²) < 4.78 is 11.2. The van der Waals surface area contributed by atoms with Crippen LogP contribution in [0.5, 0.6) is 0 Å². The van der Waals surface area contributed by atoms with Gasteiger partial charge in [0, 0.05) is 30.6 Å². The molecule has 0 aliphatic carbocycles. The third-order valence-electron chi connectivity index (χ3n) is 5.25. The van der Waals surface area contributed by atoms with Gasteiger partial charge in [0.25, 0.3) is 0 Å². The smallest absolute Gasteiger partial charge is 0.232 e. The lowest BCUT2D eigenvalue weighted by atomic mass is 10.1. The van der Waals surface area contributed by atoms with E-state index in [1.54, 1.807) is 4.90 Å². The van der Waals surface area contributed by atoms with Gasteiger partial charge in [-0.25, -0.2) is 4.98 Å². The van der Waals surface area contributed by atoms with Crippen molar-refractivity contribution in [1.82, 2.24) is 15.1 Å². The number of benzene rings is 2. The predicted molar refractivity (Wildman–Crippen MR) is 108 cm³/mol. The standard InChI is InChI=1S/C22H20N4O3/c1-3-19-23-17-10-14(6-9-18(17)28-19)21-24-22(29-25-21)15-11-20(27)26(12-15)16-7-4-13(2)5-8-16/h4-10,15H,3,11-12H2,1-2H3/t15-/m1/s1. The molecule has 0 unspecified atom stereocenters. The molecule has 1 aliphatic rings. The highest BCUT2D eigenvalue weighted by molar-refractivity contribution is 5.96. The van der Waals surface area contributed by atoms with Crippen LogP contribution in [0.4, 0.5) is 5.69 Å². The Morgan fingerprint density at radius 2 is 1.97 bits per heavy atom. The van der Waals surface area contributed by atoms with Crippen molar-refractivity contribution in [1.29, 1.82) is 0 Å². The van der Waals surface area contributed by atoms with E-state index in [0.717, 1.165) is 34.3 Å². The molecule has 0 saturated carbocycles. The monoisotopic (exact) mass is 388 g/mol. The SMILES string of the molecule is CCc1nc2cc(-c3noc([C@@H]4CC(=O)N(c5ccc(C)cc5)C4)n3)ccc2o1. The number of carbonyl (C=O) groups is 1. The second-order valence-corrected chi connectivity index (χ2v) is 7.34. The van der Waals surface area contributed by atoms with Gasteiger partial charge in [-0.05, 0) is 37.3 Å². The fraction of sp³-hybridized carbons (Fsp3) is 0.273. The number of hydrogen-bond acceptors (Lipinski definition) is 6. The first-order valence-corrected chi connectivity index (χ1v) is 9.71. The fourth-order valence-corrected chi connectivity index (χ4v) is 3.63. The molecule has 29 heavy (non-hydrogen) atoms. The Balaban J connectivity index is 1.38. The van der Waals surface area contributed by atoms with Crippen LogP contribution in [0.25, 0.3) is 22.5 Å². The first-order chi connectivity index (χ1) is 14.1. The van der Waals surface area contributed by atoms with E-state index in [-0.39, 0.29) is 11.8 Å². The predicted octanol–water partition coefficient (Wildman–Crippen LogP) is 4.27. The largest absolute Gasteiger partial charge is 0.441 e. The Hall–Kier alpha value is -3.48. The molecule has 2 aromatic heterocycles. The van der Waals surface area contributed by atoms with Gasteiger partial charge < -0.3 is 13.8 Å². The lowest BCUT2D eigenvalue weighted by Gasteiger charge is -2.16. The number of aromatic nitrogens is 3. The van der Waals surface area contributed by atoms with Crippen LogP contribution in [0.3, 0.4) is 0 Å². The number of oxazole rings is 1. The number of rotatable bonds is 4. The minimum absolute atomic E-state index is 0.0646. The number of amides is 1. The zero-order valence-corrected chi connectivity index (χ0v) is 16.3. The fourth-order valence-electron chi connectivity index (χ4n) is 3.63. The highest BCUT2D eigenvalue weighted by Gasteiger charge is 2.35. The molecule has 0 bridgehead atoms. The van der Waals surface area contributed by atoms with Gasteiger partial charge in [-0.2, -0.15) is 4.98 Å². The molecule has 1 aliphatic heterocycles. The molecule has 1 fully saturated rings. The van der Waals surface area contributed by atoms with Crippen molar-refractivity contribution in [2.75, 3.05) is 11.4 Å². The van der Waals surface area contributed by atoms with Crippen LogP contribution >= 0.6 is 0 Å². The molecule has 1 atom stereocenters. The molecule has 3 heterocycles. The van der Waals surface area contributed by atoms with Crippen molar-refractivity contribution in [2.24, 2.45) is 0 Å². The van der Waals surface area contributed by atoms with Crippen LogP contribution in [0.1, 0.15) is 36.6 Å². The van der Waals surface area contributed by atoms with E-state index in [1.807, 2.05) is 56.3 Å². The van der Waals surface area contributed by atoms with Crippen LogP contribution < -0.4 is 4.90 Å². The highest BCUT2D eigenvalue weighted by atomic mass is 16.5. The normalized spacial score (nSPS) is 16.8. The van der Waals surface area contributed by atoms with Crippen LogP contribution in [0.2, 0.25) is 0 Å². The van der Waals surface area contributed by atoms with E-state index in [0.29, 0.717) is 30.6 Å². The number of aryl methyl sites for hydroxylation is 2. The summed E-state index contributed by atoms with van der Waals surface area (Å²) in [7, 11) is 0. The summed E-state index contributed by atoms with van der Waals surface area (Å²) in [6.07, 6.45) is 1.10. The zero-order chi connectivity index (χ0) is 20.0. The van der Waals surface area contributed by atoms with Gasteiger partial charge in [-0.15, -0.1) is 0 Å². The van der Waals surface area contributed by atoms with Crippen molar-refractivity contribution < 1.29 is 13.7 Å². The molecule has 5 rings (SSSR count). The number of nitrogens with zero attached hydrogens (tertiary/aromatic N) is 4. The molecule has 4 aromatic rings. The summed E-state index contributed by atoms with van der Waals surface area (Å²) in [6, 6.07) is 13.6. The maximum Gasteiger partial charge on any atom is 0.232 e. The van der Waals surface area contributed by atoms with Crippen molar-refractivity contribution in [2.45, 2.75) is 32.6 Å². The minimum atomic E-state index is -0.118. The summed E-state index contributed by atoms with van der Waals surface area (Å²) in [5.74, 6) is 1.62. The third kappa shape index (κ3) is 3.18. The van der Waals surface area contributed by atoms with Gasteiger partial charge >= 0.3 is 0 Å². The zero-order valence-electron chi connectivity index (χ0n) is 16.3. The maximum atomic E-state index is 12.5. The van der Waals surface area contributed by atoms with Crippen LogP contribution in [0.15, 0.2) is 51.4 Å². The molecule has 146 valence electrons. The third-order valence-corrected chi connectivity index (χ3v) is 5.25. The van der Waals surface area contributed by atoms with Crippen LogP contribution in [0, 0.1) is 6.92 Å². The molecule has 7 heteroatoms. The Labute approximate surface area is 167 Å². The van der Waals surface area contributed by atoms with E-state index in [1.165, 1.54) is 0 Å². The Bertz CT molecular complexity index is 1190. The van der Waals surface area contributed by atoms with Gasteiger partial charge in [0.15, 0.2) is 11.5 Å². The first kappa shape index (κ1) is 17.6. The van der Waals surface area contributed by atoms with Crippen LogP contribution in [-0.2, 0) is 11.2 Å². The van der Waals surface area contributed by atoms with E-state index >= 15 is 0 Å². The summed E-state index contributed by atoms with van der Waals surface area (Å²) in [4.78, 5) is 23.3. The quantitative estimate of drug-likeness (QED) is 0.519. The summed E-state index contributed by atoms with van der Waals surface area (Å²) in [6.45, 7) is 4.56. The molecular formula is C22H20N4O3. The molecule has 1 saturated heterocycles. The second kappa shape index (κ2) is 6.84. The molecule has 0 spiro atoms. The summed E-state index contributed by atoms with van der Waals surface area (Å²) in [5, 5.41) is 4.12. The van der Waals surface area contributed by atoms with Crippen molar-refractivity contribution in [3.05, 3.63) is 59.8 Å². The molecule has 0 N–H and O–H groups in total. The average molecular weight is 388 g/mol. The summed E-state index contributed by atoms with van der Waals surface area (Å²) in [5.41, 5.74) is 4.37. The van der Waals surface area contributed by atoms with Crippen molar-refractivity contribution in [3.8, 4) is 11.4 Å². The van der Waals surface area contributed by atoms with Crippen molar-refractivity contribution in [3.63, 3.8) is 0 Å². The Morgan fingerprint density at radius 1 is 1.14 bits per heavy atom. The molecular weight excluding hydrogens is 368 g/mol. The lowest BCUT2D eigenvalue weighted by molar-refractivity contribution is -0.117. The summed E-state index contributed by atoms with van der Waals surface area (Å²) >= 11 is 0. The molecule has 1 amide bonds. The van der Waals surface area contributed by atoms with E-state index in [2.05, 4.69) is 15.1 Å². The second-order valence-electron chi connectivity index (χ2n) is 7.34. The lowest BCUT2D eigenvalue weighted by Crippen LogP contribution is -2.24. The number of fused-ring (bicyclic) bond motifs is 1. The average Bonchev–Trinajstić information content (AvgIpc) is 3.45. The molecule has 0 radical (unpaired) electrons. The van der Waals surface area contributed by atoms with Crippen molar-refractivity contribution >= 4 is 22.7 Å². The number of anilines is 1. The van der Waals surface area contributed by atoms with E-state index in [9.17, 15) is 4.79 Å².